The summed E-state index contributed by atoms with van der Waals surface area (Å²) < 4.78 is 12.8. The highest BCUT2D eigenvalue weighted by Gasteiger charge is 2.32. The molecule has 13 heavy (non-hydrogen) atoms. The molecule has 0 aromatic carbocycles. The Hall–Kier alpha value is -1.37. The van der Waals surface area contributed by atoms with Crippen LogP contribution in [0.3, 0.4) is 0 Å². The Bertz CT molecular complexity index is 213. The summed E-state index contributed by atoms with van der Waals surface area (Å²) in [5, 5.41) is 8.26. The number of alkyl halides is 1. The third-order valence-corrected chi connectivity index (χ3v) is 1.35. The minimum atomic E-state index is -2.70. The molecular formula is C6H13FN4O2. The zero-order chi connectivity index (χ0) is 10.5. The molecule has 0 spiro atoms. The average Bonchev–Trinajstić information content (AvgIpc) is 1.97. The smallest absolute Gasteiger partial charge is 0.356 e. The van der Waals surface area contributed by atoms with Crippen LogP contribution in [-0.2, 0) is 4.79 Å². The fraction of sp³-hybridized carbons (Fsp3) is 0.667. The fourth-order valence-electron chi connectivity index (χ4n) is 0.651. The summed E-state index contributed by atoms with van der Waals surface area (Å²) in [5.41, 5.74) is 14.8. The summed E-state index contributed by atoms with van der Waals surface area (Å²) in [6.45, 7) is 0.165. The zero-order valence-electron chi connectivity index (χ0n) is 7.03. The van der Waals surface area contributed by atoms with Gasteiger partial charge in [-0.3, -0.25) is 10.7 Å². The second-order valence-corrected chi connectivity index (χ2v) is 2.58. The predicted molar refractivity (Wildman–Crippen MR) is 45.6 cm³/mol. The van der Waals surface area contributed by atoms with Crippen molar-refractivity contribution in [3.8, 4) is 0 Å². The molecule has 7 N–H and O–H groups in total. The van der Waals surface area contributed by atoms with Crippen molar-refractivity contribution in [3.63, 3.8) is 0 Å². The van der Waals surface area contributed by atoms with E-state index in [0.717, 1.165) is 0 Å². The third kappa shape index (κ3) is 4.96. The summed E-state index contributed by atoms with van der Waals surface area (Å²) in [7, 11) is 0. The van der Waals surface area contributed by atoms with Gasteiger partial charge in [0.25, 0.3) is 5.79 Å². The van der Waals surface area contributed by atoms with E-state index in [1.54, 1.807) is 0 Å². The van der Waals surface area contributed by atoms with Crippen LogP contribution in [0.1, 0.15) is 12.8 Å². The first kappa shape index (κ1) is 11.6. The van der Waals surface area contributed by atoms with Gasteiger partial charge in [-0.1, -0.05) is 0 Å². The lowest BCUT2D eigenvalue weighted by Crippen LogP contribution is -2.43. The number of hydrogen-bond acceptors (Lipinski definition) is 3. The van der Waals surface area contributed by atoms with E-state index in [4.69, 9.17) is 22.3 Å². The highest BCUT2D eigenvalue weighted by atomic mass is 19.1. The third-order valence-electron chi connectivity index (χ3n) is 1.35. The molecule has 76 valence electrons. The first-order valence-electron chi connectivity index (χ1n) is 3.63. The Morgan fingerprint density at radius 1 is 1.54 bits per heavy atom. The van der Waals surface area contributed by atoms with Gasteiger partial charge in [-0.05, 0) is 6.42 Å². The van der Waals surface area contributed by atoms with Gasteiger partial charge in [0, 0.05) is 13.0 Å². The van der Waals surface area contributed by atoms with Crippen molar-refractivity contribution < 1.29 is 14.3 Å². The molecule has 1 unspecified atom stereocenters. The molecule has 7 heteroatoms. The number of guanidine groups is 1. The van der Waals surface area contributed by atoms with Crippen LogP contribution in [0.15, 0.2) is 4.99 Å². The largest absolute Gasteiger partial charge is 0.478 e. The normalized spacial score (nSPS) is 14.6. The number of halogens is 1. The van der Waals surface area contributed by atoms with Gasteiger partial charge in [-0.25, -0.2) is 9.18 Å². The Morgan fingerprint density at radius 2 is 2.08 bits per heavy atom. The van der Waals surface area contributed by atoms with Gasteiger partial charge >= 0.3 is 5.97 Å². The van der Waals surface area contributed by atoms with E-state index < -0.39 is 11.8 Å². The summed E-state index contributed by atoms with van der Waals surface area (Å²) in [6, 6.07) is 0. The Kier molecular flexibility index (Phi) is 4.12. The summed E-state index contributed by atoms with van der Waals surface area (Å²) in [4.78, 5) is 13.7. The van der Waals surface area contributed by atoms with Crippen LogP contribution in [0.2, 0.25) is 0 Å². The topological polar surface area (TPSA) is 128 Å². The van der Waals surface area contributed by atoms with E-state index in [1.807, 2.05) is 0 Å². The lowest BCUT2D eigenvalue weighted by Gasteiger charge is -2.13. The molecule has 0 aliphatic carbocycles. The minimum absolute atomic E-state index is 0.114. The SMILES string of the molecule is NC(N)=NCCCC(N)(F)C(=O)O. The molecule has 0 aromatic heterocycles. The van der Waals surface area contributed by atoms with Gasteiger partial charge in [0.05, 0.1) is 0 Å². The molecule has 0 heterocycles. The van der Waals surface area contributed by atoms with Crippen molar-refractivity contribution in [1.29, 1.82) is 0 Å². The highest BCUT2D eigenvalue weighted by molar-refractivity contribution is 5.76. The Morgan fingerprint density at radius 3 is 2.46 bits per heavy atom. The van der Waals surface area contributed by atoms with Crippen LogP contribution in [0.5, 0.6) is 0 Å². The molecule has 6 nitrogen and oxygen atoms in total. The number of nitrogens with two attached hydrogens (primary N) is 3. The van der Waals surface area contributed by atoms with Gasteiger partial charge in [-0.2, -0.15) is 0 Å². The monoisotopic (exact) mass is 192 g/mol. The number of carbonyl (C=O) groups is 1. The number of aliphatic imine (C=N–C) groups is 1. The number of aliphatic carboxylic acids is 1. The maximum atomic E-state index is 12.8. The van der Waals surface area contributed by atoms with E-state index in [0.29, 0.717) is 0 Å². The molecule has 0 fully saturated rings. The van der Waals surface area contributed by atoms with Crippen molar-refractivity contribution in [2.45, 2.75) is 18.6 Å². The number of carboxylic acids is 1. The number of hydrogen-bond donors (Lipinski definition) is 4. The van der Waals surface area contributed by atoms with Crippen molar-refractivity contribution in [2.24, 2.45) is 22.2 Å². The first-order chi connectivity index (χ1) is 5.86. The van der Waals surface area contributed by atoms with Crippen molar-refractivity contribution in [2.75, 3.05) is 6.54 Å². The molecule has 0 saturated carbocycles. The molecule has 0 bridgehead atoms. The molecule has 0 aliphatic rings. The van der Waals surface area contributed by atoms with E-state index in [9.17, 15) is 9.18 Å². The standard InChI is InChI=1S/C6H13FN4O2/c7-6(10,4(12)13)2-1-3-11-5(8)9/h1-3,10H2,(H,12,13)(H4,8,9,11). The predicted octanol–water partition coefficient (Wildman–Crippen LogP) is -1.25. The lowest BCUT2D eigenvalue weighted by atomic mass is 10.1. The van der Waals surface area contributed by atoms with Gasteiger partial charge in [0.2, 0.25) is 0 Å². The second kappa shape index (κ2) is 4.61. The van der Waals surface area contributed by atoms with Crippen molar-refractivity contribution >= 4 is 11.9 Å². The number of nitrogens with zero attached hydrogens (tertiary/aromatic N) is 1. The van der Waals surface area contributed by atoms with Crippen molar-refractivity contribution in [1.82, 2.24) is 0 Å². The van der Waals surface area contributed by atoms with E-state index >= 15 is 0 Å². The molecule has 0 amide bonds. The summed E-state index contributed by atoms with van der Waals surface area (Å²) >= 11 is 0. The molecule has 0 radical (unpaired) electrons. The maximum Gasteiger partial charge on any atom is 0.356 e. The summed E-state index contributed by atoms with van der Waals surface area (Å²) in [6.07, 6.45) is -0.143. The molecule has 0 saturated heterocycles. The molecule has 0 aliphatic heterocycles. The van der Waals surface area contributed by atoms with Crippen molar-refractivity contribution in [3.05, 3.63) is 0 Å². The first-order valence-corrected chi connectivity index (χ1v) is 3.63. The fourth-order valence-corrected chi connectivity index (χ4v) is 0.651. The van der Waals surface area contributed by atoms with Crippen LogP contribution in [-0.4, -0.2) is 29.4 Å². The van der Waals surface area contributed by atoms with Gasteiger partial charge < -0.3 is 16.6 Å². The van der Waals surface area contributed by atoms with Crippen LogP contribution < -0.4 is 17.2 Å². The van der Waals surface area contributed by atoms with E-state index in [1.165, 1.54) is 0 Å². The van der Waals surface area contributed by atoms with Crippen LogP contribution >= 0.6 is 0 Å². The van der Waals surface area contributed by atoms with E-state index in [-0.39, 0.29) is 25.3 Å². The quantitative estimate of drug-likeness (QED) is 0.187. The maximum absolute atomic E-state index is 12.8. The molecular weight excluding hydrogens is 179 g/mol. The van der Waals surface area contributed by atoms with Gasteiger partial charge in [0.15, 0.2) is 5.96 Å². The zero-order valence-corrected chi connectivity index (χ0v) is 7.03. The highest BCUT2D eigenvalue weighted by Crippen LogP contribution is 2.11. The van der Waals surface area contributed by atoms with Crippen LogP contribution in [0, 0.1) is 0 Å². The number of carboxylic acid groups (broad SMARTS) is 1. The Labute approximate surface area is 74.6 Å². The Balaban J connectivity index is 3.77. The van der Waals surface area contributed by atoms with Gasteiger partial charge in [0.1, 0.15) is 0 Å². The van der Waals surface area contributed by atoms with Crippen LogP contribution in [0.25, 0.3) is 0 Å². The minimum Gasteiger partial charge on any atom is -0.478 e. The average molecular weight is 192 g/mol. The summed E-state index contributed by atoms with van der Waals surface area (Å²) in [5.74, 6) is -4.49. The van der Waals surface area contributed by atoms with E-state index in [2.05, 4.69) is 4.99 Å². The van der Waals surface area contributed by atoms with Crippen LogP contribution in [0.4, 0.5) is 4.39 Å². The number of rotatable bonds is 5. The molecule has 0 aromatic rings. The molecule has 0 rings (SSSR count). The van der Waals surface area contributed by atoms with Gasteiger partial charge in [-0.15, -0.1) is 0 Å². The lowest BCUT2D eigenvalue weighted by molar-refractivity contribution is -0.151. The molecule has 1 atom stereocenters. The second-order valence-electron chi connectivity index (χ2n) is 2.58.